The molecule has 108 valence electrons. The van der Waals surface area contributed by atoms with Gasteiger partial charge in [0.05, 0.1) is 4.90 Å². The maximum Gasteiger partial charge on any atom is 0.243 e. The molecule has 1 aromatic carbocycles. The molecule has 1 aromatic heterocycles. The third kappa shape index (κ3) is 3.48. The zero-order valence-corrected chi connectivity index (χ0v) is 14.1. The Kier molecular flexibility index (Phi) is 4.98. The first kappa shape index (κ1) is 15.7. The summed E-state index contributed by atoms with van der Waals surface area (Å²) in [6, 6.07) is 9.24. The smallest absolute Gasteiger partial charge is 0.243 e. The summed E-state index contributed by atoms with van der Waals surface area (Å²) in [5.41, 5.74) is 6.45. The molecule has 0 unspecified atom stereocenters. The highest BCUT2D eigenvalue weighted by atomic mass is 79.9. The van der Waals surface area contributed by atoms with Gasteiger partial charge in [0.25, 0.3) is 0 Å². The van der Waals surface area contributed by atoms with E-state index in [1.54, 1.807) is 18.5 Å². The van der Waals surface area contributed by atoms with Crippen LogP contribution in [0, 0.1) is 0 Å². The molecule has 0 radical (unpaired) electrons. The first-order valence-electron chi connectivity index (χ1n) is 5.92. The zero-order chi connectivity index (χ0) is 14.8. The molecule has 0 bridgehead atoms. The Bertz CT molecular complexity index is 698. The largest absolute Gasteiger partial charge is 0.326 e. The van der Waals surface area contributed by atoms with Gasteiger partial charge in [-0.3, -0.25) is 0 Å². The lowest BCUT2D eigenvalue weighted by Gasteiger charge is -2.16. The number of hydrogen-bond acceptors (Lipinski definition) is 4. The first-order valence-corrected chi connectivity index (χ1v) is 9.03. The SMILES string of the molecule is CN(Cc1cccc(Br)c1)S(=O)(=O)c1csc(CN)c1. The van der Waals surface area contributed by atoms with Crippen molar-refractivity contribution in [1.29, 1.82) is 0 Å². The molecule has 0 spiro atoms. The van der Waals surface area contributed by atoms with Crippen LogP contribution in [-0.4, -0.2) is 19.8 Å². The minimum Gasteiger partial charge on any atom is -0.326 e. The highest BCUT2D eigenvalue weighted by Crippen LogP contribution is 2.23. The molecule has 0 aliphatic rings. The van der Waals surface area contributed by atoms with Gasteiger partial charge in [0.2, 0.25) is 10.0 Å². The summed E-state index contributed by atoms with van der Waals surface area (Å²) in [5.74, 6) is 0. The molecule has 2 N–H and O–H groups in total. The third-order valence-corrected chi connectivity index (χ3v) is 6.22. The van der Waals surface area contributed by atoms with Gasteiger partial charge < -0.3 is 5.73 Å². The lowest BCUT2D eigenvalue weighted by molar-refractivity contribution is 0.467. The van der Waals surface area contributed by atoms with Gasteiger partial charge in [-0.15, -0.1) is 11.3 Å². The van der Waals surface area contributed by atoms with Crippen molar-refractivity contribution in [3.8, 4) is 0 Å². The molecule has 2 aromatic rings. The summed E-state index contributed by atoms with van der Waals surface area (Å²) < 4.78 is 27.1. The quantitative estimate of drug-likeness (QED) is 0.874. The Morgan fingerprint density at radius 1 is 1.35 bits per heavy atom. The molecule has 0 amide bonds. The Morgan fingerprint density at radius 2 is 2.10 bits per heavy atom. The topological polar surface area (TPSA) is 63.4 Å². The second-order valence-corrected chi connectivity index (χ2v) is 8.30. The second kappa shape index (κ2) is 6.36. The van der Waals surface area contributed by atoms with Gasteiger partial charge in [-0.2, -0.15) is 4.31 Å². The lowest BCUT2D eigenvalue weighted by atomic mass is 10.2. The summed E-state index contributed by atoms with van der Waals surface area (Å²) >= 11 is 4.74. The molecule has 4 nitrogen and oxygen atoms in total. The van der Waals surface area contributed by atoms with Crippen LogP contribution in [0.2, 0.25) is 0 Å². The van der Waals surface area contributed by atoms with Gasteiger partial charge >= 0.3 is 0 Å². The number of nitrogens with two attached hydrogens (primary N) is 1. The van der Waals surface area contributed by atoms with Crippen LogP contribution < -0.4 is 5.73 Å². The van der Waals surface area contributed by atoms with Crippen LogP contribution in [0.15, 0.2) is 45.1 Å². The van der Waals surface area contributed by atoms with Crippen molar-refractivity contribution in [3.05, 3.63) is 50.6 Å². The molecular formula is C13H15BrN2O2S2. The van der Waals surface area contributed by atoms with Crippen LogP contribution in [0.4, 0.5) is 0 Å². The average molecular weight is 375 g/mol. The van der Waals surface area contributed by atoms with Gasteiger partial charge in [0.15, 0.2) is 0 Å². The summed E-state index contributed by atoms with van der Waals surface area (Å²) in [6.45, 7) is 0.686. The van der Waals surface area contributed by atoms with E-state index in [0.717, 1.165) is 14.9 Å². The van der Waals surface area contributed by atoms with Crippen molar-refractivity contribution in [3.63, 3.8) is 0 Å². The van der Waals surface area contributed by atoms with Crippen LogP contribution in [0.25, 0.3) is 0 Å². The number of nitrogens with zero attached hydrogens (tertiary/aromatic N) is 1. The monoisotopic (exact) mass is 374 g/mol. The minimum absolute atomic E-state index is 0.306. The average Bonchev–Trinajstić information content (AvgIpc) is 2.88. The molecule has 0 aliphatic heterocycles. The molecule has 7 heteroatoms. The standard InChI is InChI=1S/C13H15BrN2O2S2/c1-16(8-10-3-2-4-11(14)5-10)20(17,18)13-6-12(7-15)19-9-13/h2-6,9H,7-8,15H2,1H3. The van der Waals surface area contributed by atoms with Crippen molar-refractivity contribution in [2.75, 3.05) is 7.05 Å². The van der Waals surface area contributed by atoms with Crippen LogP contribution in [0.1, 0.15) is 10.4 Å². The maximum absolute atomic E-state index is 12.4. The molecule has 0 atom stereocenters. The van der Waals surface area contributed by atoms with Gasteiger partial charge in [0, 0.05) is 34.9 Å². The molecule has 0 saturated carbocycles. The van der Waals surface area contributed by atoms with Crippen LogP contribution in [0.5, 0.6) is 0 Å². The van der Waals surface area contributed by atoms with Crippen molar-refractivity contribution in [1.82, 2.24) is 4.31 Å². The maximum atomic E-state index is 12.4. The van der Waals surface area contributed by atoms with E-state index in [4.69, 9.17) is 5.73 Å². The number of benzene rings is 1. The van der Waals surface area contributed by atoms with Gasteiger partial charge in [-0.25, -0.2) is 8.42 Å². The molecular weight excluding hydrogens is 360 g/mol. The first-order chi connectivity index (χ1) is 9.43. The minimum atomic E-state index is -3.47. The fourth-order valence-corrected chi connectivity index (χ4v) is 4.51. The van der Waals surface area contributed by atoms with E-state index in [-0.39, 0.29) is 0 Å². The molecule has 0 fully saturated rings. The normalized spacial score (nSPS) is 12.0. The molecule has 0 aliphatic carbocycles. The highest BCUT2D eigenvalue weighted by Gasteiger charge is 2.22. The Hall–Kier alpha value is -0.730. The van der Waals surface area contributed by atoms with E-state index in [9.17, 15) is 8.42 Å². The van der Waals surface area contributed by atoms with Crippen LogP contribution >= 0.6 is 27.3 Å². The zero-order valence-electron chi connectivity index (χ0n) is 10.9. The van der Waals surface area contributed by atoms with E-state index < -0.39 is 10.0 Å². The highest BCUT2D eigenvalue weighted by molar-refractivity contribution is 9.10. The molecule has 2 rings (SSSR count). The van der Waals surface area contributed by atoms with Crippen LogP contribution in [-0.2, 0) is 23.1 Å². The van der Waals surface area contributed by atoms with E-state index in [1.807, 2.05) is 24.3 Å². The second-order valence-electron chi connectivity index (χ2n) is 4.34. The third-order valence-electron chi connectivity index (χ3n) is 2.83. The number of rotatable bonds is 5. The number of hydrogen-bond donors (Lipinski definition) is 1. The van der Waals surface area contributed by atoms with Gasteiger partial charge in [-0.1, -0.05) is 28.1 Å². The summed E-state index contributed by atoms with van der Waals surface area (Å²) in [4.78, 5) is 1.17. The summed E-state index contributed by atoms with van der Waals surface area (Å²) in [5, 5.41) is 1.63. The van der Waals surface area contributed by atoms with E-state index in [1.165, 1.54) is 15.6 Å². The van der Waals surface area contributed by atoms with Crippen molar-refractivity contribution in [2.24, 2.45) is 5.73 Å². The van der Waals surface area contributed by atoms with Gasteiger partial charge in [-0.05, 0) is 23.8 Å². The van der Waals surface area contributed by atoms with Crippen molar-refractivity contribution >= 4 is 37.3 Å². The Morgan fingerprint density at radius 3 is 2.70 bits per heavy atom. The van der Waals surface area contributed by atoms with E-state index in [2.05, 4.69) is 15.9 Å². The van der Waals surface area contributed by atoms with Crippen LogP contribution in [0.3, 0.4) is 0 Å². The van der Waals surface area contributed by atoms with Gasteiger partial charge in [0.1, 0.15) is 0 Å². The fourth-order valence-electron chi connectivity index (χ4n) is 1.76. The molecule has 1 heterocycles. The number of halogens is 1. The Labute approximate surface area is 131 Å². The molecule has 20 heavy (non-hydrogen) atoms. The number of thiophene rings is 1. The fraction of sp³-hybridized carbons (Fsp3) is 0.231. The van der Waals surface area contributed by atoms with Crippen molar-refractivity contribution in [2.45, 2.75) is 18.0 Å². The number of sulfonamides is 1. The van der Waals surface area contributed by atoms with E-state index >= 15 is 0 Å². The van der Waals surface area contributed by atoms with Crippen molar-refractivity contribution < 1.29 is 8.42 Å². The summed E-state index contributed by atoms with van der Waals surface area (Å²) in [7, 11) is -1.89. The predicted molar refractivity (Wildman–Crippen MR) is 85.0 cm³/mol. The predicted octanol–water partition coefficient (Wildman–Crippen LogP) is 2.79. The molecule has 0 saturated heterocycles. The Balaban J connectivity index is 2.21. The van der Waals surface area contributed by atoms with E-state index in [0.29, 0.717) is 18.0 Å². The lowest BCUT2D eigenvalue weighted by Crippen LogP contribution is -2.26. The summed E-state index contributed by atoms with van der Waals surface area (Å²) in [6.07, 6.45) is 0.